The van der Waals surface area contributed by atoms with Crippen molar-refractivity contribution in [2.24, 2.45) is 0 Å². The molecule has 2 aromatic rings. The number of phenolic OH excluding ortho intramolecular Hbond substituents is 1. The fraction of sp³-hybridized carbons (Fsp3) is 0. The van der Waals surface area contributed by atoms with E-state index in [2.05, 4.69) is 10.2 Å². The van der Waals surface area contributed by atoms with E-state index in [1.807, 2.05) is 0 Å². The van der Waals surface area contributed by atoms with E-state index in [-0.39, 0.29) is 11.1 Å². The van der Waals surface area contributed by atoms with Gasteiger partial charge in [-0.05, 0) is 12.1 Å². The van der Waals surface area contributed by atoms with Crippen molar-refractivity contribution in [1.82, 2.24) is 10.2 Å². The summed E-state index contributed by atoms with van der Waals surface area (Å²) in [6.45, 7) is 0. The van der Waals surface area contributed by atoms with E-state index in [1.165, 1.54) is 6.07 Å². The maximum absolute atomic E-state index is 12.7. The van der Waals surface area contributed by atoms with E-state index in [0.717, 1.165) is 0 Å². The molecule has 0 unspecified atom stereocenters. The molecule has 0 fully saturated rings. The first-order valence-corrected chi connectivity index (χ1v) is 3.10. The van der Waals surface area contributed by atoms with Gasteiger partial charge in [0, 0.05) is 0 Å². The van der Waals surface area contributed by atoms with Crippen molar-refractivity contribution in [3.8, 4) is 5.75 Å². The Bertz CT molecular complexity index is 396. The number of halogens is 1. The average Bonchev–Trinajstić information content (AvgIpc) is 2.34. The molecule has 2 rings (SSSR count). The van der Waals surface area contributed by atoms with Gasteiger partial charge in [-0.1, -0.05) is 6.07 Å². The van der Waals surface area contributed by atoms with Crippen LogP contribution in [0.3, 0.4) is 0 Å². The Labute approximate surface area is 61.5 Å². The standard InChI is InChI=1S/C7H5FN2O/c8-7-6-4(9-10-7)2-1-3-5(6)11/h1-3,11H,(H,9,10). The van der Waals surface area contributed by atoms with Crippen LogP contribution in [-0.4, -0.2) is 15.3 Å². The maximum atomic E-state index is 12.7. The molecule has 0 bridgehead atoms. The second-order valence-corrected chi connectivity index (χ2v) is 2.21. The number of phenols is 1. The van der Waals surface area contributed by atoms with Crippen LogP contribution in [0.15, 0.2) is 18.2 Å². The third-order valence-electron chi connectivity index (χ3n) is 1.51. The van der Waals surface area contributed by atoms with Crippen molar-refractivity contribution in [3.63, 3.8) is 0 Å². The first kappa shape index (κ1) is 6.15. The van der Waals surface area contributed by atoms with Gasteiger partial charge in [0.1, 0.15) is 5.75 Å². The molecule has 11 heavy (non-hydrogen) atoms. The molecule has 1 aromatic heterocycles. The number of hydrogen-bond donors (Lipinski definition) is 2. The summed E-state index contributed by atoms with van der Waals surface area (Å²) in [5.41, 5.74) is 0.433. The molecular formula is C7H5FN2O. The normalized spacial score (nSPS) is 10.6. The SMILES string of the molecule is Oc1cccc2n[nH]c(F)c12. The third-order valence-corrected chi connectivity index (χ3v) is 1.51. The van der Waals surface area contributed by atoms with E-state index in [1.54, 1.807) is 12.1 Å². The van der Waals surface area contributed by atoms with Gasteiger partial charge < -0.3 is 5.11 Å². The van der Waals surface area contributed by atoms with Gasteiger partial charge in [0.15, 0.2) is 0 Å². The topological polar surface area (TPSA) is 48.9 Å². The zero-order valence-corrected chi connectivity index (χ0v) is 5.50. The van der Waals surface area contributed by atoms with Gasteiger partial charge in [-0.2, -0.15) is 9.49 Å². The highest BCUT2D eigenvalue weighted by molar-refractivity contribution is 5.84. The quantitative estimate of drug-likeness (QED) is 0.599. The summed E-state index contributed by atoms with van der Waals surface area (Å²) < 4.78 is 12.7. The molecule has 0 aliphatic carbocycles. The molecule has 0 amide bonds. The number of H-pyrrole nitrogens is 1. The molecule has 0 saturated heterocycles. The van der Waals surface area contributed by atoms with Crippen molar-refractivity contribution in [1.29, 1.82) is 0 Å². The summed E-state index contributed by atoms with van der Waals surface area (Å²) in [4.78, 5) is 0. The minimum absolute atomic E-state index is 0.0891. The molecule has 0 radical (unpaired) electrons. The van der Waals surface area contributed by atoms with E-state index in [0.29, 0.717) is 5.52 Å². The van der Waals surface area contributed by atoms with Crippen molar-refractivity contribution in [2.75, 3.05) is 0 Å². The second kappa shape index (κ2) is 1.95. The largest absolute Gasteiger partial charge is 0.507 e. The Morgan fingerprint density at radius 1 is 1.45 bits per heavy atom. The van der Waals surface area contributed by atoms with Gasteiger partial charge in [-0.15, -0.1) is 0 Å². The summed E-state index contributed by atoms with van der Waals surface area (Å²) in [7, 11) is 0. The number of nitrogens with one attached hydrogen (secondary N) is 1. The Kier molecular flexibility index (Phi) is 1.09. The molecule has 0 spiro atoms. The molecule has 1 aromatic carbocycles. The lowest BCUT2D eigenvalue weighted by Crippen LogP contribution is -1.71. The highest BCUT2D eigenvalue weighted by atomic mass is 19.1. The summed E-state index contributed by atoms with van der Waals surface area (Å²) in [6, 6.07) is 4.65. The fourth-order valence-corrected chi connectivity index (χ4v) is 1.01. The van der Waals surface area contributed by atoms with Crippen LogP contribution in [0.2, 0.25) is 0 Å². The Hall–Kier alpha value is -1.58. The number of aromatic amines is 1. The number of benzene rings is 1. The summed E-state index contributed by atoms with van der Waals surface area (Å²) >= 11 is 0. The number of aromatic nitrogens is 2. The molecule has 2 N–H and O–H groups in total. The predicted octanol–water partition coefficient (Wildman–Crippen LogP) is 1.41. The van der Waals surface area contributed by atoms with E-state index < -0.39 is 5.95 Å². The van der Waals surface area contributed by atoms with Crippen LogP contribution in [-0.2, 0) is 0 Å². The first-order chi connectivity index (χ1) is 5.29. The van der Waals surface area contributed by atoms with Crippen molar-refractivity contribution in [3.05, 3.63) is 24.1 Å². The molecular weight excluding hydrogens is 147 g/mol. The molecule has 1 heterocycles. The Balaban J connectivity index is 2.96. The summed E-state index contributed by atoms with van der Waals surface area (Å²) in [5.74, 6) is -0.688. The third kappa shape index (κ3) is 0.756. The van der Waals surface area contributed by atoms with E-state index in [9.17, 15) is 4.39 Å². The van der Waals surface area contributed by atoms with Crippen LogP contribution in [0.5, 0.6) is 5.75 Å². The number of aromatic hydroxyl groups is 1. The number of fused-ring (bicyclic) bond motifs is 1. The minimum Gasteiger partial charge on any atom is -0.507 e. The predicted molar refractivity (Wildman–Crippen MR) is 37.7 cm³/mol. The summed E-state index contributed by atoms with van der Waals surface area (Å²) in [6.07, 6.45) is 0. The van der Waals surface area contributed by atoms with Gasteiger partial charge in [0.05, 0.1) is 10.9 Å². The van der Waals surface area contributed by atoms with Gasteiger partial charge in [0.2, 0.25) is 5.95 Å². The molecule has 0 aliphatic heterocycles. The summed E-state index contributed by atoms with van der Waals surface area (Å²) in [5, 5.41) is 15.0. The van der Waals surface area contributed by atoms with Crippen molar-refractivity contribution in [2.45, 2.75) is 0 Å². The van der Waals surface area contributed by atoms with Crippen LogP contribution in [0.4, 0.5) is 4.39 Å². The first-order valence-electron chi connectivity index (χ1n) is 3.10. The number of hydrogen-bond acceptors (Lipinski definition) is 2. The van der Waals surface area contributed by atoms with Crippen LogP contribution < -0.4 is 0 Å². The average molecular weight is 152 g/mol. The van der Waals surface area contributed by atoms with Crippen LogP contribution in [0, 0.1) is 5.95 Å². The fourth-order valence-electron chi connectivity index (χ4n) is 1.01. The van der Waals surface area contributed by atoms with Crippen LogP contribution >= 0.6 is 0 Å². The number of rotatable bonds is 0. The van der Waals surface area contributed by atoms with E-state index >= 15 is 0 Å². The van der Waals surface area contributed by atoms with Crippen molar-refractivity contribution < 1.29 is 9.50 Å². The zero-order valence-electron chi connectivity index (χ0n) is 5.50. The molecule has 4 heteroatoms. The van der Waals surface area contributed by atoms with Gasteiger partial charge in [0.25, 0.3) is 0 Å². The lowest BCUT2D eigenvalue weighted by molar-refractivity contribution is 0.477. The van der Waals surface area contributed by atoms with Gasteiger partial charge >= 0.3 is 0 Å². The van der Waals surface area contributed by atoms with Crippen LogP contribution in [0.25, 0.3) is 10.9 Å². The molecule has 0 aliphatic rings. The lowest BCUT2D eigenvalue weighted by atomic mass is 10.2. The van der Waals surface area contributed by atoms with E-state index in [4.69, 9.17) is 5.11 Å². The molecule has 3 nitrogen and oxygen atoms in total. The smallest absolute Gasteiger partial charge is 0.220 e. The van der Waals surface area contributed by atoms with Crippen LogP contribution in [0.1, 0.15) is 0 Å². The highest BCUT2D eigenvalue weighted by Crippen LogP contribution is 2.24. The lowest BCUT2D eigenvalue weighted by Gasteiger charge is -1.90. The second-order valence-electron chi connectivity index (χ2n) is 2.21. The highest BCUT2D eigenvalue weighted by Gasteiger charge is 2.07. The Morgan fingerprint density at radius 3 is 3.00 bits per heavy atom. The number of nitrogens with zero attached hydrogens (tertiary/aromatic N) is 1. The molecule has 0 atom stereocenters. The molecule has 0 saturated carbocycles. The monoisotopic (exact) mass is 152 g/mol. The van der Waals surface area contributed by atoms with Crippen molar-refractivity contribution >= 4 is 10.9 Å². The Morgan fingerprint density at radius 2 is 2.27 bits per heavy atom. The zero-order chi connectivity index (χ0) is 7.84. The van der Waals surface area contributed by atoms with Gasteiger partial charge in [-0.3, -0.25) is 5.10 Å². The molecule has 56 valence electrons. The maximum Gasteiger partial charge on any atom is 0.220 e. The minimum atomic E-state index is -0.599. The van der Waals surface area contributed by atoms with Gasteiger partial charge in [-0.25, -0.2) is 0 Å².